The zero-order valence-corrected chi connectivity index (χ0v) is 15.9. The summed E-state index contributed by atoms with van der Waals surface area (Å²) in [5.74, 6) is -0.894. The van der Waals surface area contributed by atoms with Crippen LogP contribution in [0.5, 0.6) is 0 Å². The largest absolute Gasteiger partial charge is 0.461 e. The summed E-state index contributed by atoms with van der Waals surface area (Å²) in [6.45, 7) is 0.284. The minimum Gasteiger partial charge on any atom is -0.461 e. The smallest absolute Gasteiger partial charge is 0.306 e. The van der Waals surface area contributed by atoms with Gasteiger partial charge in [0.1, 0.15) is 12.4 Å². The number of hydrogen-bond acceptors (Lipinski definition) is 5. The van der Waals surface area contributed by atoms with Gasteiger partial charge in [-0.3, -0.25) is 4.79 Å². The second-order valence-corrected chi connectivity index (χ2v) is 8.11. The summed E-state index contributed by atoms with van der Waals surface area (Å²) in [6.07, 6.45) is 2.40. The molecule has 0 bridgehead atoms. The standard InChI is InChI=1S/C18H20FNO4S2/c1-25-16-8-4-14(5-9-16)13-24-18(21)3-2-12-20-26(22,23)17-10-6-15(19)7-11-17/h4-11,20H,2-3,12-13H2,1H3. The third-order valence-corrected chi connectivity index (χ3v) is 5.75. The van der Waals surface area contributed by atoms with Crippen LogP contribution >= 0.6 is 11.8 Å². The predicted octanol–water partition coefficient (Wildman–Crippen LogP) is 3.35. The molecule has 0 radical (unpaired) electrons. The van der Waals surface area contributed by atoms with Gasteiger partial charge in [-0.15, -0.1) is 11.8 Å². The Kier molecular flexibility index (Phi) is 7.62. The molecule has 0 aliphatic rings. The fourth-order valence-corrected chi connectivity index (χ4v) is 3.58. The van der Waals surface area contributed by atoms with Gasteiger partial charge in [0.2, 0.25) is 10.0 Å². The Morgan fingerprint density at radius 2 is 1.77 bits per heavy atom. The summed E-state index contributed by atoms with van der Waals surface area (Å²) in [6, 6.07) is 12.2. The van der Waals surface area contributed by atoms with Crippen molar-refractivity contribution < 1.29 is 22.3 Å². The highest BCUT2D eigenvalue weighted by Gasteiger charge is 2.13. The van der Waals surface area contributed by atoms with Gasteiger partial charge >= 0.3 is 5.97 Å². The van der Waals surface area contributed by atoms with Crippen LogP contribution in [0.15, 0.2) is 58.3 Å². The molecule has 0 heterocycles. The fraction of sp³-hybridized carbons (Fsp3) is 0.278. The number of carbonyl (C=O) groups excluding carboxylic acids is 1. The lowest BCUT2D eigenvalue weighted by Gasteiger charge is -2.07. The molecule has 8 heteroatoms. The third kappa shape index (κ3) is 6.44. The number of hydrogen-bond donors (Lipinski definition) is 1. The Labute approximate surface area is 157 Å². The molecule has 0 amide bonds. The molecule has 0 aromatic heterocycles. The highest BCUT2D eigenvalue weighted by Crippen LogP contribution is 2.15. The molecule has 1 N–H and O–H groups in total. The summed E-state index contributed by atoms with van der Waals surface area (Å²) < 4.78 is 44.4. The molecular formula is C18H20FNO4S2. The van der Waals surface area contributed by atoms with E-state index in [-0.39, 0.29) is 30.4 Å². The molecule has 2 aromatic rings. The zero-order chi connectivity index (χ0) is 19.0. The number of nitrogens with one attached hydrogen (secondary N) is 1. The second-order valence-electron chi connectivity index (χ2n) is 5.46. The summed E-state index contributed by atoms with van der Waals surface area (Å²) in [5.41, 5.74) is 0.896. The van der Waals surface area contributed by atoms with Gasteiger partial charge < -0.3 is 4.74 Å². The van der Waals surface area contributed by atoms with Gasteiger partial charge in [0.15, 0.2) is 0 Å². The first-order valence-corrected chi connectivity index (χ1v) is 10.7. The maximum atomic E-state index is 12.8. The van der Waals surface area contributed by atoms with Crippen LogP contribution in [0.4, 0.5) is 4.39 Å². The van der Waals surface area contributed by atoms with E-state index >= 15 is 0 Å². The predicted molar refractivity (Wildman–Crippen MR) is 98.8 cm³/mol. The summed E-state index contributed by atoms with van der Waals surface area (Å²) in [7, 11) is -3.71. The number of esters is 1. The molecule has 0 saturated heterocycles. The zero-order valence-electron chi connectivity index (χ0n) is 14.3. The van der Waals surface area contributed by atoms with Crippen LogP contribution in [0, 0.1) is 5.82 Å². The van der Waals surface area contributed by atoms with Crippen molar-refractivity contribution in [3.05, 3.63) is 59.9 Å². The van der Waals surface area contributed by atoms with E-state index < -0.39 is 15.8 Å². The quantitative estimate of drug-likeness (QED) is 0.399. The Hall–Kier alpha value is -1.90. The van der Waals surface area contributed by atoms with Gasteiger partial charge in [-0.25, -0.2) is 17.5 Å². The van der Waals surface area contributed by atoms with Crippen molar-refractivity contribution in [3.63, 3.8) is 0 Å². The van der Waals surface area contributed by atoms with Gasteiger partial charge in [-0.2, -0.15) is 0 Å². The number of thioether (sulfide) groups is 1. The van der Waals surface area contributed by atoms with Crippen molar-refractivity contribution in [1.82, 2.24) is 4.72 Å². The van der Waals surface area contributed by atoms with E-state index in [1.165, 1.54) is 12.1 Å². The van der Waals surface area contributed by atoms with Crippen molar-refractivity contribution in [2.75, 3.05) is 12.8 Å². The van der Waals surface area contributed by atoms with E-state index in [9.17, 15) is 17.6 Å². The van der Waals surface area contributed by atoms with E-state index in [2.05, 4.69) is 4.72 Å². The number of benzene rings is 2. The van der Waals surface area contributed by atoms with Gasteiger partial charge in [0.05, 0.1) is 4.90 Å². The van der Waals surface area contributed by atoms with E-state index in [0.717, 1.165) is 22.6 Å². The maximum Gasteiger partial charge on any atom is 0.306 e. The van der Waals surface area contributed by atoms with Crippen LogP contribution in [-0.4, -0.2) is 27.2 Å². The van der Waals surface area contributed by atoms with Crippen LogP contribution in [0.3, 0.4) is 0 Å². The van der Waals surface area contributed by atoms with E-state index in [1.54, 1.807) is 11.8 Å². The lowest BCUT2D eigenvalue weighted by molar-refractivity contribution is -0.145. The lowest BCUT2D eigenvalue weighted by atomic mass is 10.2. The first kappa shape index (κ1) is 20.4. The Morgan fingerprint density at radius 1 is 1.12 bits per heavy atom. The van der Waals surface area contributed by atoms with Crippen molar-refractivity contribution in [1.29, 1.82) is 0 Å². The van der Waals surface area contributed by atoms with Crippen LogP contribution < -0.4 is 4.72 Å². The molecule has 0 aliphatic carbocycles. The minimum atomic E-state index is -3.71. The Morgan fingerprint density at radius 3 is 2.38 bits per heavy atom. The fourth-order valence-electron chi connectivity index (χ4n) is 2.09. The van der Waals surface area contributed by atoms with Crippen molar-refractivity contribution >= 4 is 27.8 Å². The average Bonchev–Trinajstić information content (AvgIpc) is 2.64. The van der Waals surface area contributed by atoms with Crippen LogP contribution in [0.25, 0.3) is 0 Å². The minimum absolute atomic E-state index is 0.0184. The highest BCUT2D eigenvalue weighted by atomic mass is 32.2. The molecule has 0 fully saturated rings. The number of rotatable bonds is 9. The molecule has 0 aliphatic heterocycles. The molecule has 0 atom stereocenters. The van der Waals surface area contributed by atoms with Crippen LogP contribution in [0.1, 0.15) is 18.4 Å². The highest BCUT2D eigenvalue weighted by molar-refractivity contribution is 7.98. The monoisotopic (exact) mass is 397 g/mol. The van der Waals surface area contributed by atoms with Crippen molar-refractivity contribution in [2.45, 2.75) is 29.2 Å². The maximum absolute atomic E-state index is 12.8. The molecule has 26 heavy (non-hydrogen) atoms. The normalized spacial score (nSPS) is 11.3. The lowest BCUT2D eigenvalue weighted by Crippen LogP contribution is -2.25. The molecule has 2 aromatic carbocycles. The molecule has 5 nitrogen and oxygen atoms in total. The first-order valence-electron chi connectivity index (χ1n) is 7.94. The molecular weight excluding hydrogens is 377 g/mol. The van der Waals surface area contributed by atoms with Crippen LogP contribution in [0.2, 0.25) is 0 Å². The SMILES string of the molecule is CSc1ccc(COC(=O)CCCNS(=O)(=O)c2ccc(F)cc2)cc1. The van der Waals surface area contributed by atoms with Crippen LogP contribution in [-0.2, 0) is 26.2 Å². The first-order chi connectivity index (χ1) is 12.4. The molecule has 0 saturated carbocycles. The summed E-state index contributed by atoms with van der Waals surface area (Å²) >= 11 is 1.63. The number of ether oxygens (including phenoxy) is 1. The topological polar surface area (TPSA) is 72.5 Å². The van der Waals surface area contributed by atoms with Crippen molar-refractivity contribution in [3.8, 4) is 0 Å². The average molecular weight is 397 g/mol. The van der Waals surface area contributed by atoms with Crippen molar-refractivity contribution in [2.24, 2.45) is 0 Å². The van der Waals surface area contributed by atoms with Gasteiger partial charge in [-0.1, -0.05) is 12.1 Å². The van der Waals surface area contributed by atoms with Gasteiger partial charge in [0.25, 0.3) is 0 Å². The van der Waals surface area contributed by atoms with E-state index in [0.29, 0.717) is 6.42 Å². The molecule has 0 unspecified atom stereocenters. The molecule has 2 rings (SSSR count). The summed E-state index contributed by atoms with van der Waals surface area (Å²) in [5, 5.41) is 0. The van der Waals surface area contributed by atoms with E-state index in [4.69, 9.17) is 4.74 Å². The third-order valence-electron chi connectivity index (χ3n) is 3.53. The Balaban J connectivity index is 1.70. The van der Waals surface area contributed by atoms with Gasteiger partial charge in [0, 0.05) is 17.9 Å². The molecule has 0 spiro atoms. The van der Waals surface area contributed by atoms with E-state index in [1.807, 2.05) is 30.5 Å². The second kappa shape index (κ2) is 9.70. The van der Waals surface area contributed by atoms with Gasteiger partial charge in [-0.05, 0) is 54.6 Å². The number of halogens is 1. The Bertz CT molecular complexity index is 821. The number of carbonyl (C=O) groups is 1. The number of sulfonamides is 1. The summed E-state index contributed by atoms with van der Waals surface area (Å²) in [4.78, 5) is 12.8. The molecule has 140 valence electrons.